The molecular formula is C12H21N3O3S. The van der Waals surface area contributed by atoms with E-state index in [1.165, 1.54) is 12.3 Å². The smallest absolute Gasteiger partial charge is 0.242 e. The number of nitrogens with one attached hydrogen (secondary N) is 2. The zero-order valence-corrected chi connectivity index (χ0v) is 12.3. The number of nitrogens with zero attached hydrogens (tertiary/aromatic N) is 1. The van der Waals surface area contributed by atoms with Crippen LogP contribution >= 0.6 is 0 Å². The van der Waals surface area contributed by atoms with Crippen LogP contribution in [0.15, 0.2) is 23.2 Å². The van der Waals surface area contributed by atoms with Crippen LogP contribution in [0.25, 0.3) is 0 Å². The summed E-state index contributed by atoms with van der Waals surface area (Å²) in [4.78, 5) is 4.19. The van der Waals surface area contributed by atoms with Crippen LogP contribution in [0.1, 0.15) is 20.8 Å². The molecule has 2 N–H and O–H groups in total. The number of hydrogen-bond donors (Lipinski definition) is 2. The molecule has 0 fully saturated rings. The Bertz CT molecular complexity index is 473. The van der Waals surface area contributed by atoms with Crippen molar-refractivity contribution >= 4 is 15.8 Å². The fraction of sp³-hybridized carbons (Fsp3) is 0.583. The molecular weight excluding hydrogens is 266 g/mol. The first kappa shape index (κ1) is 15.9. The van der Waals surface area contributed by atoms with Crippen LogP contribution < -0.4 is 10.0 Å². The number of hydrogen-bond acceptors (Lipinski definition) is 5. The minimum Gasteiger partial charge on any atom is -0.377 e. The molecule has 1 aromatic heterocycles. The van der Waals surface area contributed by atoms with E-state index in [1.807, 2.05) is 20.8 Å². The van der Waals surface area contributed by atoms with Crippen LogP contribution in [0.5, 0.6) is 0 Å². The minimum atomic E-state index is -3.53. The molecule has 0 aliphatic heterocycles. The number of rotatable bonds is 8. The molecule has 0 radical (unpaired) electrons. The summed E-state index contributed by atoms with van der Waals surface area (Å²) in [7, 11) is -3.53. The third-order valence-corrected chi connectivity index (χ3v) is 3.83. The van der Waals surface area contributed by atoms with Crippen LogP contribution in [0.2, 0.25) is 0 Å². The van der Waals surface area contributed by atoms with Crippen molar-refractivity contribution in [2.45, 2.75) is 31.8 Å². The SMILES string of the molecule is CCNc1ccc(S(=O)(=O)NCC(C)OCC)cn1. The summed E-state index contributed by atoms with van der Waals surface area (Å²) in [6.07, 6.45) is 1.18. The fourth-order valence-corrected chi connectivity index (χ4v) is 2.54. The Labute approximate surface area is 114 Å². The lowest BCUT2D eigenvalue weighted by Crippen LogP contribution is -2.32. The number of anilines is 1. The number of aromatic nitrogens is 1. The average molecular weight is 287 g/mol. The van der Waals surface area contributed by atoms with E-state index in [-0.39, 0.29) is 17.5 Å². The van der Waals surface area contributed by atoms with E-state index in [2.05, 4.69) is 15.0 Å². The lowest BCUT2D eigenvalue weighted by molar-refractivity contribution is 0.0799. The van der Waals surface area contributed by atoms with Crippen LogP contribution in [0, 0.1) is 0 Å². The number of pyridine rings is 1. The highest BCUT2D eigenvalue weighted by Crippen LogP contribution is 2.10. The Balaban J connectivity index is 2.66. The number of ether oxygens (including phenoxy) is 1. The van der Waals surface area contributed by atoms with Gasteiger partial charge in [-0.2, -0.15) is 0 Å². The van der Waals surface area contributed by atoms with Crippen molar-refractivity contribution in [1.82, 2.24) is 9.71 Å². The van der Waals surface area contributed by atoms with Gasteiger partial charge in [0, 0.05) is 25.9 Å². The van der Waals surface area contributed by atoms with Gasteiger partial charge < -0.3 is 10.1 Å². The standard InChI is InChI=1S/C12H21N3O3S/c1-4-13-12-7-6-11(9-14-12)19(16,17)15-8-10(3)18-5-2/h6-7,9-10,15H,4-5,8H2,1-3H3,(H,13,14). The molecule has 19 heavy (non-hydrogen) atoms. The van der Waals surface area contributed by atoms with Gasteiger partial charge in [0.15, 0.2) is 0 Å². The van der Waals surface area contributed by atoms with Crippen LogP contribution in [-0.2, 0) is 14.8 Å². The molecule has 0 amide bonds. The normalized spacial score (nSPS) is 13.2. The lowest BCUT2D eigenvalue weighted by atomic mass is 10.4. The Morgan fingerprint density at radius 2 is 2.11 bits per heavy atom. The molecule has 0 bridgehead atoms. The highest BCUT2D eigenvalue weighted by atomic mass is 32.2. The molecule has 1 aromatic rings. The Morgan fingerprint density at radius 1 is 1.37 bits per heavy atom. The highest BCUT2D eigenvalue weighted by molar-refractivity contribution is 7.89. The van der Waals surface area contributed by atoms with E-state index in [9.17, 15) is 8.42 Å². The molecule has 1 rings (SSSR count). The molecule has 1 atom stereocenters. The van der Waals surface area contributed by atoms with Crippen molar-refractivity contribution in [3.05, 3.63) is 18.3 Å². The predicted molar refractivity (Wildman–Crippen MR) is 74.7 cm³/mol. The van der Waals surface area contributed by atoms with Gasteiger partial charge in [0.05, 0.1) is 6.10 Å². The van der Waals surface area contributed by atoms with Gasteiger partial charge >= 0.3 is 0 Å². The van der Waals surface area contributed by atoms with Crippen molar-refractivity contribution in [2.24, 2.45) is 0 Å². The Kier molecular flexibility index (Phi) is 6.20. The van der Waals surface area contributed by atoms with Crippen molar-refractivity contribution in [2.75, 3.05) is 25.0 Å². The maximum Gasteiger partial charge on any atom is 0.242 e. The Hall–Kier alpha value is -1.18. The van der Waals surface area contributed by atoms with E-state index < -0.39 is 10.0 Å². The molecule has 0 saturated carbocycles. The topological polar surface area (TPSA) is 80.3 Å². The van der Waals surface area contributed by atoms with Gasteiger partial charge in [-0.05, 0) is 32.9 Å². The van der Waals surface area contributed by atoms with Gasteiger partial charge in [0.1, 0.15) is 10.7 Å². The third-order valence-electron chi connectivity index (χ3n) is 2.42. The van der Waals surface area contributed by atoms with Crippen molar-refractivity contribution in [1.29, 1.82) is 0 Å². The summed E-state index contributed by atoms with van der Waals surface area (Å²) in [5, 5.41) is 3.01. The van der Waals surface area contributed by atoms with E-state index >= 15 is 0 Å². The fourth-order valence-electron chi connectivity index (χ4n) is 1.48. The molecule has 1 unspecified atom stereocenters. The van der Waals surface area contributed by atoms with Gasteiger partial charge in [-0.25, -0.2) is 18.1 Å². The van der Waals surface area contributed by atoms with E-state index in [1.54, 1.807) is 6.07 Å². The summed E-state index contributed by atoms with van der Waals surface area (Å²) in [5.41, 5.74) is 0. The quantitative estimate of drug-likeness (QED) is 0.751. The summed E-state index contributed by atoms with van der Waals surface area (Å²) in [6.45, 7) is 7.17. The van der Waals surface area contributed by atoms with Crippen LogP contribution in [0.3, 0.4) is 0 Å². The molecule has 7 heteroatoms. The maximum atomic E-state index is 12.0. The molecule has 0 spiro atoms. The van der Waals surface area contributed by atoms with Crippen LogP contribution in [-0.4, -0.2) is 39.2 Å². The second-order valence-electron chi connectivity index (χ2n) is 4.03. The van der Waals surface area contributed by atoms with Crippen LogP contribution in [0.4, 0.5) is 5.82 Å². The summed E-state index contributed by atoms with van der Waals surface area (Å²) >= 11 is 0. The monoisotopic (exact) mass is 287 g/mol. The second kappa shape index (κ2) is 7.42. The molecule has 0 aliphatic rings. The third kappa shape index (κ3) is 5.14. The highest BCUT2D eigenvalue weighted by Gasteiger charge is 2.15. The first-order valence-electron chi connectivity index (χ1n) is 6.30. The zero-order valence-electron chi connectivity index (χ0n) is 11.5. The molecule has 1 heterocycles. The Morgan fingerprint density at radius 3 is 2.63 bits per heavy atom. The molecule has 0 aliphatic carbocycles. The van der Waals surface area contributed by atoms with Crippen molar-refractivity contribution < 1.29 is 13.2 Å². The molecule has 108 valence electrons. The maximum absolute atomic E-state index is 12.0. The lowest BCUT2D eigenvalue weighted by Gasteiger charge is -2.13. The van der Waals surface area contributed by atoms with Crippen molar-refractivity contribution in [3.63, 3.8) is 0 Å². The second-order valence-corrected chi connectivity index (χ2v) is 5.79. The van der Waals surface area contributed by atoms with Gasteiger partial charge in [-0.1, -0.05) is 0 Å². The molecule has 0 aromatic carbocycles. The molecule has 6 nitrogen and oxygen atoms in total. The van der Waals surface area contributed by atoms with E-state index in [0.29, 0.717) is 12.4 Å². The van der Waals surface area contributed by atoms with Gasteiger partial charge in [-0.15, -0.1) is 0 Å². The minimum absolute atomic E-state index is 0.151. The summed E-state index contributed by atoms with van der Waals surface area (Å²) in [5.74, 6) is 0.657. The van der Waals surface area contributed by atoms with Gasteiger partial charge in [0.2, 0.25) is 10.0 Å². The van der Waals surface area contributed by atoms with E-state index in [4.69, 9.17) is 4.74 Å². The zero-order chi connectivity index (χ0) is 14.3. The first-order chi connectivity index (χ1) is 8.99. The predicted octanol–water partition coefficient (Wildman–Crippen LogP) is 1.22. The van der Waals surface area contributed by atoms with Gasteiger partial charge in [0.25, 0.3) is 0 Å². The van der Waals surface area contributed by atoms with E-state index in [0.717, 1.165) is 6.54 Å². The first-order valence-corrected chi connectivity index (χ1v) is 7.79. The van der Waals surface area contributed by atoms with Gasteiger partial charge in [-0.3, -0.25) is 0 Å². The average Bonchev–Trinajstić information content (AvgIpc) is 2.38. The summed E-state index contributed by atoms with van der Waals surface area (Å²) < 4.78 is 31.7. The largest absolute Gasteiger partial charge is 0.377 e. The summed E-state index contributed by atoms with van der Waals surface area (Å²) in [6, 6.07) is 3.17. The van der Waals surface area contributed by atoms with Crippen molar-refractivity contribution in [3.8, 4) is 0 Å². The number of sulfonamides is 1. The molecule has 0 saturated heterocycles.